The molecule has 0 N–H and O–H groups in total. The first-order valence-electron chi connectivity index (χ1n) is 3.72. The highest BCUT2D eigenvalue weighted by Gasteiger charge is 2.00. The second kappa shape index (κ2) is 5.53. The van der Waals surface area contributed by atoms with Gasteiger partial charge in [-0.3, -0.25) is 4.79 Å². The zero-order chi connectivity index (χ0) is 9.52. The van der Waals surface area contributed by atoms with Gasteiger partial charge in [-0.1, -0.05) is 0 Å². The van der Waals surface area contributed by atoms with Gasteiger partial charge in [0.05, 0.1) is 18.6 Å². The molecule has 5 heteroatoms. The third kappa shape index (κ3) is 3.89. The van der Waals surface area contributed by atoms with Gasteiger partial charge in [-0.05, 0) is 6.07 Å². The molecule has 0 aliphatic heterocycles. The average molecular weight is 198 g/mol. The normalized spacial score (nSPS) is 9.62. The zero-order valence-electron chi connectivity index (χ0n) is 7.27. The molecule has 1 heterocycles. The molecule has 1 aromatic heterocycles. The van der Waals surface area contributed by atoms with Crippen LogP contribution in [0.4, 0.5) is 0 Å². The molecule has 0 bridgehead atoms. The zero-order valence-corrected chi connectivity index (χ0v) is 8.08. The van der Waals surface area contributed by atoms with Crippen LogP contribution in [0.15, 0.2) is 18.6 Å². The maximum Gasteiger partial charge on any atom is 0.315 e. The molecule has 0 atom stereocenters. The van der Waals surface area contributed by atoms with Gasteiger partial charge in [0.25, 0.3) is 0 Å². The summed E-state index contributed by atoms with van der Waals surface area (Å²) in [6.07, 6.45) is 3.18. The first-order valence-corrected chi connectivity index (χ1v) is 4.88. The molecule has 1 aromatic rings. The van der Waals surface area contributed by atoms with Crippen LogP contribution >= 0.6 is 11.8 Å². The van der Waals surface area contributed by atoms with Crippen LogP contribution in [0, 0.1) is 0 Å². The number of thioether (sulfide) groups is 1. The predicted molar refractivity (Wildman–Crippen MR) is 50.2 cm³/mol. The molecule has 13 heavy (non-hydrogen) atoms. The van der Waals surface area contributed by atoms with Gasteiger partial charge in [0, 0.05) is 11.9 Å². The molecular formula is C8H10N2O2S. The Morgan fingerprint density at radius 2 is 2.54 bits per heavy atom. The molecule has 0 saturated carbocycles. The van der Waals surface area contributed by atoms with Crippen LogP contribution in [0.3, 0.4) is 0 Å². The largest absolute Gasteiger partial charge is 0.468 e. The van der Waals surface area contributed by atoms with Crippen molar-refractivity contribution in [3.05, 3.63) is 24.3 Å². The standard InChI is InChI=1S/C8H10N2O2S/c1-12-8(11)5-13-4-7-2-3-9-6-10-7/h2-3,6H,4-5H2,1H3. The van der Waals surface area contributed by atoms with E-state index in [4.69, 9.17) is 0 Å². The van der Waals surface area contributed by atoms with Crippen molar-refractivity contribution in [2.24, 2.45) is 0 Å². The second-order valence-electron chi connectivity index (χ2n) is 2.27. The summed E-state index contributed by atoms with van der Waals surface area (Å²) in [7, 11) is 1.38. The van der Waals surface area contributed by atoms with Gasteiger partial charge < -0.3 is 4.74 Å². The number of hydrogen-bond acceptors (Lipinski definition) is 5. The Morgan fingerprint density at radius 3 is 3.15 bits per heavy atom. The van der Waals surface area contributed by atoms with Crippen molar-refractivity contribution in [1.29, 1.82) is 0 Å². The predicted octanol–water partition coefficient (Wildman–Crippen LogP) is 0.883. The van der Waals surface area contributed by atoms with Crippen LogP contribution in [0.25, 0.3) is 0 Å². The molecule has 0 aromatic carbocycles. The monoisotopic (exact) mass is 198 g/mol. The van der Waals surface area contributed by atoms with Crippen molar-refractivity contribution in [1.82, 2.24) is 9.97 Å². The fraction of sp³-hybridized carbons (Fsp3) is 0.375. The summed E-state index contributed by atoms with van der Waals surface area (Å²) < 4.78 is 4.50. The molecule has 70 valence electrons. The summed E-state index contributed by atoms with van der Waals surface area (Å²) in [5, 5.41) is 0. The van der Waals surface area contributed by atoms with Gasteiger partial charge in [0.15, 0.2) is 0 Å². The molecule has 1 rings (SSSR count). The van der Waals surface area contributed by atoms with E-state index in [9.17, 15) is 4.79 Å². The number of aromatic nitrogens is 2. The van der Waals surface area contributed by atoms with Crippen LogP contribution in [0.5, 0.6) is 0 Å². The molecule has 0 radical (unpaired) electrons. The third-order valence-electron chi connectivity index (χ3n) is 1.34. The highest BCUT2D eigenvalue weighted by molar-refractivity contribution is 7.99. The Bertz CT molecular complexity index is 266. The number of methoxy groups -OCH3 is 1. The molecule has 0 spiro atoms. The summed E-state index contributed by atoms with van der Waals surface area (Å²) in [6.45, 7) is 0. The van der Waals surface area contributed by atoms with E-state index in [2.05, 4.69) is 14.7 Å². The second-order valence-corrected chi connectivity index (χ2v) is 3.26. The minimum absolute atomic E-state index is 0.209. The van der Waals surface area contributed by atoms with Gasteiger partial charge in [-0.25, -0.2) is 9.97 Å². The van der Waals surface area contributed by atoms with E-state index in [0.29, 0.717) is 11.5 Å². The highest BCUT2D eigenvalue weighted by atomic mass is 32.2. The quantitative estimate of drug-likeness (QED) is 0.672. The minimum atomic E-state index is -0.209. The highest BCUT2D eigenvalue weighted by Crippen LogP contribution is 2.08. The number of esters is 1. The molecular weight excluding hydrogens is 188 g/mol. The van der Waals surface area contributed by atoms with Crippen LogP contribution in [-0.4, -0.2) is 28.8 Å². The number of carbonyl (C=O) groups excluding carboxylic acids is 1. The van der Waals surface area contributed by atoms with Crippen LogP contribution < -0.4 is 0 Å². The summed E-state index contributed by atoms with van der Waals surface area (Å²) in [5.41, 5.74) is 0.920. The Hall–Kier alpha value is -1.10. The average Bonchev–Trinajstić information content (AvgIpc) is 2.19. The van der Waals surface area contributed by atoms with Gasteiger partial charge in [-0.15, -0.1) is 11.8 Å². The number of ether oxygens (including phenoxy) is 1. The van der Waals surface area contributed by atoms with Gasteiger partial charge in [0.1, 0.15) is 6.33 Å². The van der Waals surface area contributed by atoms with Crippen LogP contribution in [0.1, 0.15) is 5.69 Å². The molecule has 4 nitrogen and oxygen atoms in total. The lowest BCUT2D eigenvalue weighted by atomic mass is 10.5. The Kier molecular flexibility index (Phi) is 4.25. The number of nitrogens with zero attached hydrogens (tertiary/aromatic N) is 2. The lowest BCUT2D eigenvalue weighted by Gasteiger charge is -1.98. The van der Waals surface area contributed by atoms with E-state index >= 15 is 0 Å². The van der Waals surface area contributed by atoms with Gasteiger partial charge in [0.2, 0.25) is 0 Å². The maximum absolute atomic E-state index is 10.7. The van der Waals surface area contributed by atoms with E-state index in [1.165, 1.54) is 25.2 Å². The van der Waals surface area contributed by atoms with Crippen molar-refractivity contribution >= 4 is 17.7 Å². The molecule has 0 saturated heterocycles. The lowest BCUT2D eigenvalue weighted by Crippen LogP contribution is -2.03. The first-order chi connectivity index (χ1) is 6.33. The lowest BCUT2D eigenvalue weighted by molar-refractivity contribution is -0.137. The maximum atomic E-state index is 10.7. The van der Waals surface area contributed by atoms with E-state index in [1.807, 2.05) is 6.07 Å². The Balaban J connectivity index is 2.24. The number of hydrogen-bond donors (Lipinski definition) is 0. The van der Waals surface area contributed by atoms with Gasteiger partial charge >= 0.3 is 5.97 Å². The number of carbonyl (C=O) groups is 1. The van der Waals surface area contributed by atoms with E-state index in [-0.39, 0.29) is 5.97 Å². The SMILES string of the molecule is COC(=O)CSCc1ccncn1. The summed E-state index contributed by atoms with van der Waals surface area (Å²) in [5.74, 6) is 0.858. The van der Waals surface area contributed by atoms with Crippen molar-refractivity contribution in [3.63, 3.8) is 0 Å². The van der Waals surface area contributed by atoms with Crippen molar-refractivity contribution in [3.8, 4) is 0 Å². The molecule has 0 aliphatic carbocycles. The fourth-order valence-corrected chi connectivity index (χ4v) is 1.47. The third-order valence-corrected chi connectivity index (χ3v) is 2.28. The van der Waals surface area contributed by atoms with Gasteiger partial charge in [-0.2, -0.15) is 0 Å². The fourth-order valence-electron chi connectivity index (χ4n) is 0.701. The molecule has 0 aliphatic rings. The summed E-state index contributed by atoms with van der Waals surface area (Å²) in [6, 6.07) is 1.82. The summed E-state index contributed by atoms with van der Waals surface area (Å²) >= 11 is 1.47. The molecule has 0 unspecified atom stereocenters. The minimum Gasteiger partial charge on any atom is -0.468 e. The van der Waals surface area contributed by atoms with Crippen molar-refractivity contribution in [2.45, 2.75) is 5.75 Å². The molecule has 0 fully saturated rings. The Morgan fingerprint density at radius 1 is 1.69 bits per heavy atom. The van der Waals surface area contributed by atoms with Crippen LogP contribution in [-0.2, 0) is 15.3 Å². The van der Waals surface area contributed by atoms with E-state index in [0.717, 1.165) is 5.69 Å². The van der Waals surface area contributed by atoms with E-state index < -0.39 is 0 Å². The topological polar surface area (TPSA) is 52.1 Å². The van der Waals surface area contributed by atoms with Crippen molar-refractivity contribution in [2.75, 3.05) is 12.9 Å². The summed E-state index contributed by atoms with van der Waals surface area (Å²) in [4.78, 5) is 18.5. The van der Waals surface area contributed by atoms with Crippen LogP contribution in [0.2, 0.25) is 0 Å². The first kappa shape index (κ1) is 9.98. The Labute approximate surface area is 80.7 Å². The molecule has 0 amide bonds. The number of rotatable bonds is 4. The van der Waals surface area contributed by atoms with E-state index in [1.54, 1.807) is 6.20 Å². The smallest absolute Gasteiger partial charge is 0.315 e. The van der Waals surface area contributed by atoms with Crippen molar-refractivity contribution < 1.29 is 9.53 Å².